The Balaban J connectivity index is 1.62. The lowest BCUT2D eigenvalue weighted by atomic mass is 9.86. The van der Waals surface area contributed by atoms with Gasteiger partial charge in [-0.25, -0.2) is 14.6 Å². The van der Waals surface area contributed by atoms with Gasteiger partial charge < -0.3 is 35.0 Å². The van der Waals surface area contributed by atoms with E-state index in [0.29, 0.717) is 31.8 Å². The maximum Gasteiger partial charge on any atom is 0.407 e. The molecule has 0 saturated carbocycles. The number of aromatic nitrogens is 1. The van der Waals surface area contributed by atoms with Gasteiger partial charge in [0.25, 0.3) is 5.91 Å². The van der Waals surface area contributed by atoms with Crippen molar-refractivity contribution in [3.63, 3.8) is 0 Å². The van der Waals surface area contributed by atoms with E-state index < -0.39 is 41.6 Å². The predicted octanol–water partition coefficient (Wildman–Crippen LogP) is 5.22. The Labute approximate surface area is 343 Å². The van der Waals surface area contributed by atoms with Crippen LogP contribution in [0.15, 0.2) is 72.8 Å². The second kappa shape index (κ2) is 21.0. The van der Waals surface area contributed by atoms with Crippen LogP contribution in [0.5, 0.6) is 5.75 Å². The van der Waals surface area contributed by atoms with Gasteiger partial charge in [0.15, 0.2) is 0 Å². The minimum Gasteiger partial charge on any atom is -0.491 e. The van der Waals surface area contributed by atoms with Crippen LogP contribution in [-0.2, 0) is 33.8 Å². The van der Waals surface area contributed by atoms with Crippen LogP contribution in [0.2, 0.25) is 0 Å². The monoisotopic (exact) mass is 801 g/mol. The highest BCUT2D eigenvalue weighted by atomic mass is 16.5. The molecule has 2 aromatic carbocycles. The maximum absolute atomic E-state index is 14.5. The summed E-state index contributed by atoms with van der Waals surface area (Å²) in [6.07, 6.45) is -1.05. The van der Waals surface area contributed by atoms with Crippen LogP contribution in [-0.4, -0.2) is 106 Å². The summed E-state index contributed by atoms with van der Waals surface area (Å²) >= 11 is 0. The summed E-state index contributed by atoms with van der Waals surface area (Å²) in [5.74, 6) is -0.379. The lowest BCUT2D eigenvalue weighted by Crippen LogP contribution is -2.60. The van der Waals surface area contributed by atoms with Gasteiger partial charge in [-0.15, -0.1) is 0 Å². The number of pyridine rings is 1. The number of alkyl carbamates (subject to hydrolysis) is 1. The first-order valence-corrected chi connectivity index (χ1v) is 20.1. The summed E-state index contributed by atoms with van der Waals surface area (Å²) in [5, 5.41) is 19.5. The van der Waals surface area contributed by atoms with Crippen molar-refractivity contribution in [1.29, 1.82) is 0 Å². The van der Waals surface area contributed by atoms with Crippen molar-refractivity contribution in [2.45, 2.75) is 112 Å². The molecule has 14 nitrogen and oxygen atoms in total. The number of rotatable bonds is 19. The molecule has 5 amide bonds. The number of amides is 5. The molecule has 3 aromatic rings. The van der Waals surface area contributed by atoms with Crippen molar-refractivity contribution >= 4 is 23.9 Å². The molecule has 14 heteroatoms. The summed E-state index contributed by atoms with van der Waals surface area (Å²) in [4.78, 5) is 62.5. The van der Waals surface area contributed by atoms with Gasteiger partial charge in [0, 0.05) is 31.9 Å². The molecule has 5 unspecified atom stereocenters. The first-order valence-electron chi connectivity index (χ1n) is 20.1. The predicted molar refractivity (Wildman–Crippen MR) is 222 cm³/mol. The first-order chi connectivity index (χ1) is 27.5. The topological polar surface area (TPSA) is 166 Å². The number of ether oxygens (including phenoxy) is 2. The van der Waals surface area contributed by atoms with Crippen LogP contribution in [0.4, 0.5) is 9.59 Å². The van der Waals surface area contributed by atoms with E-state index in [1.807, 2.05) is 128 Å². The number of urea groups is 1. The first kappa shape index (κ1) is 45.5. The number of benzene rings is 2. The zero-order chi connectivity index (χ0) is 42.6. The normalized spacial score (nSPS) is 15.8. The van der Waals surface area contributed by atoms with Gasteiger partial charge >= 0.3 is 12.1 Å². The van der Waals surface area contributed by atoms with Crippen molar-refractivity contribution < 1.29 is 33.8 Å². The van der Waals surface area contributed by atoms with Gasteiger partial charge in [-0.1, -0.05) is 89.6 Å². The minimum absolute atomic E-state index is 0.0106. The average molecular weight is 802 g/mol. The summed E-state index contributed by atoms with van der Waals surface area (Å²) in [7, 11) is 1.23. The zero-order valence-corrected chi connectivity index (χ0v) is 35.5. The number of aliphatic hydroxyl groups excluding tert-OH is 1. The van der Waals surface area contributed by atoms with Gasteiger partial charge in [0.2, 0.25) is 5.91 Å². The summed E-state index contributed by atoms with van der Waals surface area (Å²) < 4.78 is 10.6. The maximum atomic E-state index is 14.5. The Bertz CT molecular complexity index is 1800. The Kier molecular flexibility index (Phi) is 16.5. The molecule has 5 atom stereocenters. The molecule has 1 fully saturated rings. The molecule has 1 aromatic heterocycles. The smallest absolute Gasteiger partial charge is 0.407 e. The van der Waals surface area contributed by atoms with Crippen molar-refractivity contribution in [3.8, 4) is 5.75 Å². The molecule has 4 N–H and O–H groups in total. The molecule has 316 valence electrons. The average Bonchev–Trinajstić information content (AvgIpc) is 3.51. The molecule has 0 aliphatic carbocycles. The molecule has 0 spiro atoms. The van der Waals surface area contributed by atoms with E-state index >= 15 is 0 Å². The van der Waals surface area contributed by atoms with Gasteiger partial charge in [-0.3, -0.25) is 20.0 Å². The van der Waals surface area contributed by atoms with Crippen LogP contribution < -0.4 is 20.8 Å². The van der Waals surface area contributed by atoms with Crippen molar-refractivity contribution in [2.24, 2.45) is 11.3 Å². The Morgan fingerprint density at radius 1 is 0.914 bits per heavy atom. The Morgan fingerprint density at radius 3 is 2.21 bits per heavy atom. The fourth-order valence-corrected chi connectivity index (χ4v) is 6.98. The number of hydrogen-bond donors (Lipinski definition) is 4. The highest BCUT2D eigenvalue weighted by Crippen LogP contribution is 2.24. The SMILES string of the molecule is CCC(C)C(C(=O)NC(Cc1ccccc1)C(O)CN(Cc1ccc(OC(C)C)cc1)NC(=O)C(NC(=O)OC)C(C)(C)C)N1CCN(Cc2cccc(C)n2)C1=O. The second-order valence-electron chi connectivity index (χ2n) is 16.5. The fourth-order valence-electron chi connectivity index (χ4n) is 6.98. The number of methoxy groups -OCH3 is 1. The van der Waals surface area contributed by atoms with Crippen molar-refractivity contribution in [1.82, 2.24) is 35.9 Å². The van der Waals surface area contributed by atoms with Crippen molar-refractivity contribution in [2.75, 3.05) is 26.7 Å². The van der Waals surface area contributed by atoms with Crippen LogP contribution in [0.3, 0.4) is 0 Å². The fraction of sp³-hybridized carbons (Fsp3) is 0.523. The molecular weight excluding hydrogens is 739 g/mol. The number of carbonyl (C=O) groups excluding carboxylic acids is 4. The van der Waals surface area contributed by atoms with E-state index in [1.54, 1.807) is 14.8 Å². The van der Waals surface area contributed by atoms with E-state index in [-0.39, 0.29) is 43.5 Å². The van der Waals surface area contributed by atoms with Crippen LogP contribution in [0.25, 0.3) is 0 Å². The third kappa shape index (κ3) is 13.2. The number of hydrazine groups is 1. The van der Waals surface area contributed by atoms with Gasteiger partial charge in [0.05, 0.1) is 37.6 Å². The minimum atomic E-state index is -1.20. The highest BCUT2D eigenvalue weighted by Gasteiger charge is 2.41. The van der Waals surface area contributed by atoms with E-state index in [9.17, 15) is 24.3 Å². The molecule has 0 radical (unpaired) electrons. The molecule has 1 aliphatic heterocycles. The van der Waals surface area contributed by atoms with Gasteiger partial charge in [-0.2, -0.15) is 0 Å². The zero-order valence-electron chi connectivity index (χ0n) is 35.5. The van der Waals surface area contributed by atoms with Crippen LogP contribution >= 0.6 is 0 Å². The molecule has 0 bridgehead atoms. The molecule has 58 heavy (non-hydrogen) atoms. The number of aliphatic hydroxyl groups is 1. The molecule has 1 saturated heterocycles. The Hall–Kier alpha value is -5.21. The summed E-state index contributed by atoms with van der Waals surface area (Å²) in [5.41, 5.74) is 5.57. The van der Waals surface area contributed by atoms with Crippen molar-refractivity contribution in [3.05, 3.63) is 95.3 Å². The lowest BCUT2D eigenvalue weighted by Gasteiger charge is -2.36. The van der Waals surface area contributed by atoms with E-state index in [1.165, 1.54) is 7.11 Å². The van der Waals surface area contributed by atoms with Crippen LogP contribution in [0.1, 0.15) is 77.4 Å². The molecule has 2 heterocycles. The third-order valence-corrected chi connectivity index (χ3v) is 10.2. The van der Waals surface area contributed by atoms with Crippen LogP contribution in [0, 0.1) is 18.3 Å². The number of hydrogen-bond acceptors (Lipinski definition) is 9. The highest BCUT2D eigenvalue weighted by molar-refractivity contribution is 5.88. The largest absolute Gasteiger partial charge is 0.491 e. The quantitative estimate of drug-likeness (QED) is 0.119. The number of aryl methyl sites for hydroxylation is 1. The summed E-state index contributed by atoms with van der Waals surface area (Å²) in [6, 6.07) is 19.8. The molecular formula is C44H63N7O7. The number of carbonyl (C=O) groups is 4. The standard InChI is InChI=1S/C44H63N7O7/c1-10-30(4)38(51-24-23-49(43(51)56)27-34-18-14-15-31(5)45-34)40(53)46-36(25-32-16-12-11-13-17-32)37(52)28-50(26-33-19-21-35(22-20-33)58-29(2)3)48-41(54)39(44(6,7)8)47-42(55)57-9/h11-22,29-30,36-39,52H,10,23-28H2,1-9H3,(H,46,53)(H,47,55)(H,48,54). The Morgan fingerprint density at radius 2 is 1.60 bits per heavy atom. The van der Waals surface area contributed by atoms with E-state index in [0.717, 1.165) is 22.5 Å². The van der Waals surface area contributed by atoms with E-state index in [4.69, 9.17) is 9.47 Å². The van der Waals surface area contributed by atoms with Gasteiger partial charge in [-0.05, 0) is 73.9 Å². The van der Waals surface area contributed by atoms with E-state index in [2.05, 4.69) is 21.0 Å². The lowest BCUT2D eigenvalue weighted by molar-refractivity contribution is -0.132. The third-order valence-electron chi connectivity index (χ3n) is 10.2. The van der Waals surface area contributed by atoms with Gasteiger partial charge in [0.1, 0.15) is 17.8 Å². The number of nitrogens with one attached hydrogen (secondary N) is 3. The second-order valence-corrected chi connectivity index (χ2v) is 16.5. The summed E-state index contributed by atoms with van der Waals surface area (Å²) in [6.45, 7) is 16.4. The number of nitrogens with zero attached hydrogens (tertiary/aromatic N) is 4. The molecule has 4 rings (SSSR count). The molecule has 1 aliphatic rings.